The molecule has 1 N–H and O–H groups in total. The molecule has 0 aliphatic rings. The van der Waals surface area contributed by atoms with E-state index < -0.39 is 0 Å². The summed E-state index contributed by atoms with van der Waals surface area (Å²) >= 11 is 0. The van der Waals surface area contributed by atoms with Gasteiger partial charge in [-0.05, 0) is 88.0 Å². The molecule has 43 heavy (non-hydrogen) atoms. The van der Waals surface area contributed by atoms with Gasteiger partial charge in [0.2, 0.25) is 0 Å². The van der Waals surface area contributed by atoms with Gasteiger partial charge in [0.15, 0.2) is 0 Å². The second-order valence-electron chi connectivity index (χ2n) is 15.1. The number of aliphatic hydroxyl groups excluding tert-OH is 1. The second-order valence-corrected chi connectivity index (χ2v) is 16.5. The minimum atomic E-state index is -0.332. The highest BCUT2D eigenvalue weighted by atomic mass is 31.0. The van der Waals surface area contributed by atoms with Gasteiger partial charge in [0, 0.05) is 23.8 Å². The molecule has 2 aromatic carbocycles. The first-order valence-corrected chi connectivity index (χ1v) is 16.8. The maximum atomic E-state index is 8.71. The van der Waals surface area contributed by atoms with Crippen LogP contribution in [0.4, 0.5) is 0 Å². The first-order chi connectivity index (χ1) is 19.7. The van der Waals surface area contributed by atoms with Crippen molar-refractivity contribution < 1.29 is 19.3 Å². The SMILES string of the molecule is CC(C)OCC(C)(C)CCO.CC(C)OCC(C)(P)CCOC(C)(C)c1ccc(C(C)(C)c2ccc(C(C)C)cc2)cc1. The Bertz CT molecular complexity index is 1030. The fourth-order valence-corrected chi connectivity index (χ4v) is 4.77. The largest absolute Gasteiger partial charge is 0.396 e. The van der Waals surface area contributed by atoms with Crippen molar-refractivity contribution >= 4 is 9.24 Å². The van der Waals surface area contributed by atoms with Crippen LogP contribution in [0.15, 0.2) is 48.5 Å². The number of benzene rings is 2. The molecule has 2 atom stereocenters. The first-order valence-electron chi connectivity index (χ1n) is 16.2. The van der Waals surface area contributed by atoms with E-state index in [0.29, 0.717) is 12.5 Å². The van der Waals surface area contributed by atoms with Crippen molar-refractivity contribution in [2.75, 3.05) is 26.4 Å². The Hall–Kier alpha value is -1.29. The number of rotatable bonds is 16. The molecule has 246 valence electrons. The molecule has 0 heterocycles. The van der Waals surface area contributed by atoms with Crippen LogP contribution >= 0.6 is 9.24 Å². The predicted octanol–water partition coefficient (Wildman–Crippen LogP) is 9.66. The lowest BCUT2D eigenvalue weighted by Crippen LogP contribution is -2.30. The maximum absolute atomic E-state index is 8.71. The van der Waals surface area contributed by atoms with E-state index in [0.717, 1.165) is 26.1 Å². The molecule has 0 bridgehead atoms. The zero-order valence-electron chi connectivity index (χ0n) is 29.8. The lowest BCUT2D eigenvalue weighted by Gasteiger charge is -2.31. The molecule has 2 aromatic rings. The third-order valence-corrected chi connectivity index (χ3v) is 8.53. The van der Waals surface area contributed by atoms with Gasteiger partial charge in [-0.15, -0.1) is 9.24 Å². The molecule has 4 nitrogen and oxygen atoms in total. The van der Waals surface area contributed by atoms with Gasteiger partial charge >= 0.3 is 0 Å². The van der Waals surface area contributed by atoms with E-state index in [1.807, 2.05) is 13.8 Å². The average molecular weight is 617 g/mol. The third kappa shape index (κ3) is 14.6. The zero-order valence-corrected chi connectivity index (χ0v) is 31.0. The van der Waals surface area contributed by atoms with Crippen molar-refractivity contribution in [1.29, 1.82) is 0 Å². The van der Waals surface area contributed by atoms with Crippen LogP contribution in [0.5, 0.6) is 0 Å². The van der Waals surface area contributed by atoms with Gasteiger partial charge in [-0.3, -0.25) is 0 Å². The molecule has 2 rings (SSSR count). The Kier molecular flexibility index (Phi) is 16.1. The van der Waals surface area contributed by atoms with Crippen molar-refractivity contribution in [3.63, 3.8) is 0 Å². The standard InChI is InChI=1S/C29H45O2P.C9H20O2/c1-21(2)23-10-12-24(13-11-23)27(5,6)25-14-16-26(17-15-25)28(7,8)31-19-18-29(9,32)20-30-22(3)4;1-8(2)11-7-9(3,4)5-6-10/h10-17,21-22H,18-20,32H2,1-9H3;8,10H,5-7H2,1-4H3. The Morgan fingerprint density at radius 3 is 1.53 bits per heavy atom. The maximum Gasteiger partial charge on any atom is 0.0875 e. The first kappa shape index (κ1) is 39.7. The Morgan fingerprint density at radius 1 is 0.651 bits per heavy atom. The van der Waals surface area contributed by atoms with Crippen LogP contribution in [0.2, 0.25) is 0 Å². The van der Waals surface area contributed by atoms with Gasteiger partial charge < -0.3 is 19.3 Å². The average Bonchev–Trinajstić information content (AvgIpc) is 2.91. The smallest absolute Gasteiger partial charge is 0.0875 e. The Morgan fingerprint density at radius 2 is 1.09 bits per heavy atom. The van der Waals surface area contributed by atoms with Gasteiger partial charge in [0.25, 0.3) is 0 Å². The summed E-state index contributed by atoms with van der Waals surface area (Å²) < 4.78 is 17.6. The molecular weight excluding hydrogens is 551 g/mol. The molecule has 0 saturated heterocycles. The van der Waals surface area contributed by atoms with Crippen molar-refractivity contribution in [1.82, 2.24) is 0 Å². The lowest BCUT2D eigenvalue weighted by atomic mass is 9.77. The van der Waals surface area contributed by atoms with E-state index in [4.69, 9.17) is 19.3 Å². The molecule has 0 spiro atoms. The summed E-state index contributed by atoms with van der Waals surface area (Å²) in [6.07, 6.45) is 2.28. The summed E-state index contributed by atoms with van der Waals surface area (Å²) in [4.78, 5) is 0. The molecule has 0 aromatic heterocycles. The van der Waals surface area contributed by atoms with Crippen LogP contribution < -0.4 is 0 Å². The number of ether oxygens (including phenoxy) is 3. The Labute approximate surface area is 267 Å². The highest BCUT2D eigenvalue weighted by molar-refractivity contribution is 7.18. The monoisotopic (exact) mass is 616 g/mol. The van der Waals surface area contributed by atoms with Gasteiger partial charge in [-0.2, -0.15) is 0 Å². The van der Waals surface area contributed by atoms with E-state index in [-0.39, 0.29) is 40.4 Å². The van der Waals surface area contributed by atoms with E-state index in [9.17, 15) is 0 Å². The highest BCUT2D eigenvalue weighted by Crippen LogP contribution is 2.35. The summed E-state index contributed by atoms with van der Waals surface area (Å²) in [6, 6.07) is 18.0. The molecule has 0 amide bonds. The van der Waals surface area contributed by atoms with Crippen LogP contribution in [0, 0.1) is 5.41 Å². The minimum Gasteiger partial charge on any atom is -0.396 e. The number of hydrogen-bond acceptors (Lipinski definition) is 4. The topological polar surface area (TPSA) is 47.9 Å². The Balaban J connectivity index is 0.000000712. The molecule has 0 aliphatic heterocycles. The van der Waals surface area contributed by atoms with Crippen LogP contribution in [0.3, 0.4) is 0 Å². The van der Waals surface area contributed by atoms with Crippen molar-refractivity contribution in [2.45, 2.75) is 137 Å². The van der Waals surface area contributed by atoms with E-state index >= 15 is 0 Å². The molecular formula is C38H65O4P. The van der Waals surface area contributed by atoms with Crippen molar-refractivity contribution in [2.24, 2.45) is 5.41 Å². The van der Waals surface area contributed by atoms with E-state index in [1.54, 1.807) is 0 Å². The van der Waals surface area contributed by atoms with Crippen LogP contribution in [-0.4, -0.2) is 48.9 Å². The molecule has 0 saturated carbocycles. The summed E-state index contributed by atoms with van der Waals surface area (Å²) in [7, 11) is 2.93. The van der Waals surface area contributed by atoms with Crippen LogP contribution in [0.25, 0.3) is 0 Å². The van der Waals surface area contributed by atoms with E-state index in [2.05, 4.69) is 134 Å². The lowest BCUT2D eigenvalue weighted by molar-refractivity contribution is -0.0306. The quantitative estimate of drug-likeness (QED) is 0.191. The van der Waals surface area contributed by atoms with Gasteiger partial charge in [-0.1, -0.05) is 97.0 Å². The van der Waals surface area contributed by atoms with Crippen molar-refractivity contribution in [3.05, 3.63) is 70.8 Å². The summed E-state index contributed by atoms with van der Waals surface area (Å²) in [5.41, 5.74) is 4.98. The third-order valence-electron chi connectivity index (χ3n) is 8.08. The molecule has 0 radical (unpaired) electrons. The minimum absolute atomic E-state index is 0.0271. The van der Waals surface area contributed by atoms with Gasteiger partial charge in [0.1, 0.15) is 0 Å². The number of hydrogen-bond donors (Lipinski definition) is 1. The molecule has 2 unspecified atom stereocenters. The fraction of sp³-hybridized carbons (Fsp3) is 0.684. The van der Waals surface area contributed by atoms with Gasteiger partial charge in [0.05, 0.1) is 31.0 Å². The van der Waals surface area contributed by atoms with Crippen molar-refractivity contribution in [3.8, 4) is 0 Å². The zero-order chi connectivity index (χ0) is 33.1. The molecule has 0 aliphatic carbocycles. The highest BCUT2D eigenvalue weighted by Gasteiger charge is 2.27. The van der Waals surface area contributed by atoms with Gasteiger partial charge in [-0.25, -0.2) is 0 Å². The number of aliphatic hydroxyl groups is 1. The van der Waals surface area contributed by atoms with E-state index in [1.165, 1.54) is 22.3 Å². The fourth-order valence-electron chi connectivity index (χ4n) is 4.56. The molecule has 0 fully saturated rings. The summed E-state index contributed by atoms with van der Waals surface area (Å²) in [5, 5.41) is 8.74. The predicted molar refractivity (Wildman–Crippen MR) is 188 cm³/mol. The summed E-state index contributed by atoms with van der Waals surface area (Å²) in [5.74, 6) is 0.556. The molecule has 5 heteroatoms. The van der Waals surface area contributed by atoms with Crippen LogP contribution in [0.1, 0.15) is 131 Å². The summed E-state index contributed by atoms with van der Waals surface area (Å²) in [6.45, 7) is 30.4. The normalized spacial score (nSPS) is 14.2. The van der Waals surface area contributed by atoms with Crippen LogP contribution in [-0.2, 0) is 25.2 Å². The second kappa shape index (κ2) is 17.4.